The third-order valence-electron chi connectivity index (χ3n) is 6.02. The van der Waals surface area contributed by atoms with Crippen molar-refractivity contribution in [2.24, 2.45) is 0 Å². The number of carbonyl (C=O) groups excluding carboxylic acids is 1. The molecule has 4 heterocycles. The van der Waals surface area contributed by atoms with E-state index in [1.165, 1.54) is 0 Å². The first-order valence-corrected chi connectivity index (χ1v) is 10.3. The number of hydrogen-bond donors (Lipinski definition) is 2. The Bertz CT molecular complexity index is 1250. The smallest absolute Gasteiger partial charge is 0.220 e. The highest BCUT2D eigenvalue weighted by atomic mass is 32.1. The normalized spacial score (nSPS) is 16.8. The van der Waals surface area contributed by atoms with Crippen molar-refractivity contribution < 1.29 is 9.90 Å². The van der Waals surface area contributed by atoms with Gasteiger partial charge in [0.1, 0.15) is 5.82 Å². The molecule has 1 aliphatic rings. The van der Waals surface area contributed by atoms with E-state index in [2.05, 4.69) is 14.4 Å². The summed E-state index contributed by atoms with van der Waals surface area (Å²) in [6.07, 6.45) is 5.57. The van der Waals surface area contributed by atoms with Gasteiger partial charge in [0.05, 0.1) is 34.6 Å². The zero-order valence-corrected chi connectivity index (χ0v) is 18.9. The number of aromatic amines is 1. The molecule has 1 fully saturated rings. The Morgan fingerprint density at radius 1 is 1.19 bits per heavy atom. The van der Waals surface area contributed by atoms with Crippen LogP contribution in [0.5, 0.6) is 0 Å². The van der Waals surface area contributed by atoms with Crippen LogP contribution < -0.4 is 0 Å². The maximum Gasteiger partial charge on any atom is 0.220 e. The average molecular weight is 438 g/mol. The lowest BCUT2D eigenvalue weighted by atomic mass is 9.97. The molecule has 8 heteroatoms. The minimum atomic E-state index is -0.898. The standard InChI is InChI=1S/C23H25N5O2.H2S/c1-14(29)27-12-4-5-18(27)22-26-20(15-6-8-16(9-7-15)23(2,3)30)19-13-25-21-17(28(19)22)10-11-24-21;/h6-11,13,18,24,30H,4-5,12H2,1-3H3;1H2/t18-;/m0./s1. The lowest BCUT2D eigenvalue weighted by Crippen LogP contribution is -2.29. The predicted molar refractivity (Wildman–Crippen MR) is 125 cm³/mol. The maximum absolute atomic E-state index is 12.2. The number of carbonyl (C=O) groups is 1. The van der Waals surface area contributed by atoms with Crippen molar-refractivity contribution in [3.05, 3.63) is 54.1 Å². The second-order valence-corrected chi connectivity index (χ2v) is 8.52. The highest BCUT2D eigenvalue weighted by molar-refractivity contribution is 7.59. The van der Waals surface area contributed by atoms with Gasteiger partial charge in [-0.25, -0.2) is 9.97 Å². The minimum Gasteiger partial charge on any atom is -0.386 e. The SMILES string of the molecule is CC(=O)N1CCC[C@H]1c1nc(-c2ccc(C(C)(C)O)cc2)c2cnc3[nH]ccc3n12.S. The number of aliphatic hydroxyl groups is 1. The van der Waals surface area contributed by atoms with Gasteiger partial charge < -0.3 is 15.0 Å². The first kappa shape index (κ1) is 21.4. The fourth-order valence-electron chi connectivity index (χ4n) is 4.47. The number of likely N-dealkylation sites (tertiary alicyclic amines) is 1. The monoisotopic (exact) mass is 437 g/mol. The highest BCUT2D eigenvalue weighted by Gasteiger charge is 2.32. The summed E-state index contributed by atoms with van der Waals surface area (Å²) in [4.78, 5) is 26.9. The van der Waals surface area contributed by atoms with Gasteiger partial charge in [-0.1, -0.05) is 24.3 Å². The van der Waals surface area contributed by atoms with Crippen LogP contribution in [0.3, 0.4) is 0 Å². The van der Waals surface area contributed by atoms with Gasteiger partial charge in [-0.05, 0) is 38.3 Å². The van der Waals surface area contributed by atoms with Crippen molar-refractivity contribution in [2.75, 3.05) is 6.54 Å². The zero-order valence-electron chi connectivity index (χ0n) is 17.9. The van der Waals surface area contributed by atoms with E-state index in [1.54, 1.807) is 20.8 Å². The molecule has 162 valence electrons. The van der Waals surface area contributed by atoms with Crippen molar-refractivity contribution >= 4 is 36.1 Å². The number of nitrogens with zero attached hydrogens (tertiary/aromatic N) is 4. The quantitative estimate of drug-likeness (QED) is 0.509. The third kappa shape index (κ3) is 3.49. The Hall–Kier alpha value is -2.84. The molecule has 0 bridgehead atoms. The molecule has 1 amide bonds. The van der Waals surface area contributed by atoms with Crippen LogP contribution in [0, 0.1) is 0 Å². The fourth-order valence-corrected chi connectivity index (χ4v) is 4.47. The largest absolute Gasteiger partial charge is 0.386 e. The van der Waals surface area contributed by atoms with Crippen LogP contribution in [0.15, 0.2) is 42.7 Å². The molecular formula is C23H27N5O2S. The number of amides is 1. The minimum absolute atomic E-state index is 0. The molecule has 0 radical (unpaired) electrons. The number of H-pyrrole nitrogens is 1. The molecule has 1 atom stereocenters. The van der Waals surface area contributed by atoms with Crippen molar-refractivity contribution in [1.29, 1.82) is 0 Å². The fraction of sp³-hybridized carbons (Fsp3) is 0.348. The van der Waals surface area contributed by atoms with Crippen LogP contribution in [-0.2, 0) is 10.4 Å². The van der Waals surface area contributed by atoms with Crippen LogP contribution in [0.4, 0.5) is 0 Å². The molecule has 0 spiro atoms. The van der Waals surface area contributed by atoms with E-state index in [-0.39, 0.29) is 25.4 Å². The first-order valence-electron chi connectivity index (χ1n) is 10.3. The van der Waals surface area contributed by atoms with E-state index in [4.69, 9.17) is 4.98 Å². The van der Waals surface area contributed by atoms with Gasteiger partial charge in [-0.3, -0.25) is 9.20 Å². The summed E-state index contributed by atoms with van der Waals surface area (Å²) in [5.74, 6) is 0.941. The molecule has 0 unspecified atom stereocenters. The van der Waals surface area contributed by atoms with Crippen molar-refractivity contribution in [1.82, 2.24) is 24.3 Å². The van der Waals surface area contributed by atoms with Crippen molar-refractivity contribution in [2.45, 2.75) is 45.3 Å². The second kappa shape index (κ2) is 7.69. The molecule has 1 aliphatic heterocycles. The lowest BCUT2D eigenvalue weighted by Gasteiger charge is -2.22. The summed E-state index contributed by atoms with van der Waals surface area (Å²) in [5.41, 5.74) is 4.38. The molecule has 2 N–H and O–H groups in total. The summed E-state index contributed by atoms with van der Waals surface area (Å²) < 4.78 is 2.13. The summed E-state index contributed by atoms with van der Waals surface area (Å²) in [6, 6.07) is 9.77. The number of benzene rings is 1. The van der Waals surface area contributed by atoms with E-state index in [9.17, 15) is 9.90 Å². The van der Waals surface area contributed by atoms with Gasteiger partial charge >= 0.3 is 0 Å². The Kier molecular flexibility index (Phi) is 5.31. The molecule has 1 aromatic carbocycles. The zero-order chi connectivity index (χ0) is 21.0. The van der Waals surface area contributed by atoms with Gasteiger partial charge in [0, 0.05) is 25.2 Å². The van der Waals surface area contributed by atoms with E-state index in [0.29, 0.717) is 0 Å². The molecular weight excluding hydrogens is 410 g/mol. The molecule has 3 aromatic heterocycles. The number of nitrogens with one attached hydrogen (secondary N) is 1. The Labute approximate surface area is 187 Å². The second-order valence-electron chi connectivity index (χ2n) is 8.52. The lowest BCUT2D eigenvalue weighted by molar-refractivity contribution is -0.129. The number of rotatable bonds is 3. The van der Waals surface area contributed by atoms with Gasteiger partial charge in [0.2, 0.25) is 5.91 Å². The van der Waals surface area contributed by atoms with Crippen LogP contribution in [0.25, 0.3) is 27.9 Å². The third-order valence-corrected chi connectivity index (χ3v) is 6.02. The summed E-state index contributed by atoms with van der Waals surface area (Å²) >= 11 is 0. The Morgan fingerprint density at radius 3 is 2.61 bits per heavy atom. The van der Waals surface area contributed by atoms with Gasteiger partial charge in [-0.15, -0.1) is 0 Å². The average Bonchev–Trinajstić information content (AvgIpc) is 3.43. The van der Waals surface area contributed by atoms with Crippen molar-refractivity contribution in [3.8, 4) is 11.3 Å². The molecule has 0 aliphatic carbocycles. The Balaban J connectivity index is 0.00000231. The van der Waals surface area contributed by atoms with Crippen LogP contribution >= 0.6 is 13.5 Å². The molecule has 4 aromatic rings. The van der Waals surface area contributed by atoms with Crippen LogP contribution in [0.2, 0.25) is 0 Å². The van der Waals surface area contributed by atoms with E-state index in [0.717, 1.165) is 58.7 Å². The number of aromatic nitrogens is 4. The molecule has 0 saturated carbocycles. The molecule has 7 nitrogen and oxygen atoms in total. The molecule has 5 rings (SSSR count). The summed E-state index contributed by atoms with van der Waals surface area (Å²) in [6.45, 7) is 5.92. The number of imidazole rings is 1. The maximum atomic E-state index is 12.2. The predicted octanol–water partition coefficient (Wildman–Crippen LogP) is 3.90. The molecule has 31 heavy (non-hydrogen) atoms. The Morgan fingerprint density at radius 2 is 1.94 bits per heavy atom. The van der Waals surface area contributed by atoms with E-state index >= 15 is 0 Å². The van der Waals surface area contributed by atoms with E-state index < -0.39 is 5.60 Å². The van der Waals surface area contributed by atoms with Crippen LogP contribution in [-0.4, -0.2) is 41.8 Å². The van der Waals surface area contributed by atoms with Gasteiger partial charge in [0.15, 0.2) is 5.65 Å². The van der Waals surface area contributed by atoms with E-state index in [1.807, 2.05) is 47.6 Å². The summed E-state index contributed by atoms with van der Waals surface area (Å²) in [7, 11) is 0. The first-order chi connectivity index (χ1) is 14.3. The van der Waals surface area contributed by atoms with Crippen molar-refractivity contribution in [3.63, 3.8) is 0 Å². The summed E-state index contributed by atoms with van der Waals surface area (Å²) in [5, 5.41) is 10.3. The van der Waals surface area contributed by atoms with Gasteiger partial charge in [-0.2, -0.15) is 13.5 Å². The highest BCUT2D eigenvalue weighted by Crippen LogP contribution is 2.36. The van der Waals surface area contributed by atoms with Gasteiger partial charge in [0.25, 0.3) is 0 Å². The molecule has 1 saturated heterocycles. The number of hydrogen-bond acceptors (Lipinski definition) is 4. The topological polar surface area (TPSA) is 86.5 Å². The van der Waals surface area contributed by atoms with Crippen LogP contribution in [0.1, 0.15) is 51.0 Å². The number of fused-ring (bicyclic) bond motifs is 3.